The number of hydrogen-bond acceptors (Lipinski definition) is 7. The molecule has 0 radical (unpaired) electrons. The van der Waals surface area contributed by atoms with Gasteiger partial charge >= 0.3 is 0 Å². The number of carbonyl (C=O) groups is 1. The van der Waals surface area contributed by atoms with Crippen LogP contribution in [0.4, 0.5) is 10.1 Å². The molecule has 2 aromatic carbocycles. The number of halogens is 1. The first-order valence-electron chi connectivity index (χ1n) is 11.0. The first kappa shape index (κ1) is 22.3. The van der Waals surface area contributed by atoms with Gasteiger partial charge in [-0.25, -0.2) is 14.1 Å². The summed E-state index contributed by atoms with van der Waals surface area (Å²) in [6, 6.07) is 11.8. The quantitative estimate of drug-likeness (QED) is 0.344. The average Bonchev–Trinajstić information content (AvgIpc) is 3.28. The minimum absolute atomic E-state index is 0.0553. The van der Waals surface area contributed by atoms with Crippen molar-refractivity contribution in [1.29, 1.82) is 0 Å². The molecular weight excluding hydrogens is 457 g/mol. The molecule has 0 saturated carbocycles. The van der Waals surface area contributed by atoms with E-state index in [0.717, 1.165) is 5.56 Å². The van der Waals surface area contributed by atoms with Gasteiger partial charge in [0.2, 0.25) is 0 Å². The molecule has 0 spiro atoms. The van der Waals surface area contributed by atoms with E-state index in [1.54, 1.807) is 23.1 Å². The molecule has 1 aliphatic heterocycles. The van der Waals surface area contributed by atoms with Gasteiger partial charge in [0, 0.05) is 25.1 Å². The number of nitrogens with one attached hydrogen (secondary N) is 1. The third kappa shape index (κ3) is 4.37. The second-order valence-electron chi connectivity index (χ2n) is 8.34. The van der Waals surface area contributed by atoms with Crippen molar-refractivity contribution < 1.29 is 14.1 Å². The normalized spacial score (nSPS) is 14.4. The zero-order valence-electron chi connectivity index (χ0n) is 18.4. The topological polar surface area (TPSA) is 140 Å². The van der Waals surface area contributed by atoms with E-state index in [4.69, 9.17) is 0 Å². The van der Waals surface area contributed by atoms with Crippen molar-refractivity contribution >= 4 is 22.8 Å². The number of aromatic nitrogens is 5. The average molecular weight is 477 g/mol. The van der Waals surface area contributed by atoms with Crippen LogP contribution < -0.4 is 5.56 Å². The Bertz CT molecular complexity index is 1470. The molecule has 178 valence electrons. The molecule has 1 saturated heterocycles. The minimum Gasteiger partial charge on any atom is -0.338 e. The van der Waals surface area contributed by atoms with Crippen molar-refractivity contribution in [3.8, 4) is 0 Å². The molecule has 35 heavy (non-hydrogen) atoms. The van der Waals surface area contributed by atoms with Crippen molar-refractivity contribution in [3.05, 3.63) is 91.8 Å². The molecule has 0 atom stereocenters. The Hall–Kier alpha value is -4.48. The van der Waals surface area contributed by atoms with Crippen LogP contribution in [-0.2, 0) is 6.54 Å². The number of aromatic amines is 1. The van der Waals surface area contributed by atoms with Crippen LogP contribution in [0.5, 0.6) is 0 Å². The number of hydrogen-bond donors (Lipinski definition) is 1. The van der Waals surface area contributed by atoms with Crippen LogP contribution >= 0.6 is 0 Å². The Morgan fingerprint density at radius 1 is 1.14 bits per heavy atom. The van der Waals surface area contributed by atoms with E-state index in [2.05, 4.69) is 20.3 Å². The molecule has 0 aliphatic carbocycles. The van der Waals surface area contributed by atoms with Crippen LogP contribution in [0.1, 0.15) is 40.5 Å². The number of amides is 1. The molecule has 0 unspecified atom stereocenters. The van der Waals surface area contributed by atoms with E-state index in [0.29, 0.717) is 37.4 Å². The van der Waals surface area contributed by atoms with Crippen LogP contribution in [0.3, 0.4) is 0 Å². The van der Waals surface area contributed by atoms with Crippen molar-refractivity contribution in [2.24, 2.45) is 0 Å². The summed E-state index contributed by atoms with van der Waals surface area (Å²) in [5.74, 6) is -0.381. The summed E-state index contributed by atoms with van der Waals surface area (Å²) in [4.78, 5) is 45.2. The summed E-state index contributed by atoms with van der Waals surface area (Å²) in [5.41, 5.74) is 0.640. The van der Waals surface area contributed by atoms with Gasteiger partial charge < -0.3 is 9.88 Å². The van der Waals surface area contributed by atoms with Crippen molar-refractivity contribution in [1.82, 2.24) is 29.9 Å². The number of nitro groups is 1. The highest BCUT2D eigenvalue weighted by atomic mass is 19.1. The predicted octanol–water partition coefficient (Wildman–Crippen LogP) is 2.63. The Morgan fingerprint density at radius 3 is 2.57 bits per heavy atom. The molecule has 12 heteroatoms. The summed E-state index contributed by atoms with van der Waals surface area (Å²) < 4.78 is 14.7. The van der Waals surface area contributed by atoms with E-state index >= 15 is 0 Å². The summed E-state index contributed by atoms with van der Waals surface area (Å²) in [7, 11) is 0. The molecule has 1 N–H and O–H groups in total. The summed E-state index contributed by atoms with van der Waals surface area (Å²) in [5, 5.41) is 19.3. The van der Waals surface area contributed by atoms with Crippen LogP contribution in [0, 0.1) is 15.9 Å². The second kappa shape index (κ2) is 9.05. The Morgan fingerprint density at radius 2 is 1.86 bits per heavy atom. The van der Waals surface area contributed by atoms with Gasteiger partial charge in [0.15, 0.2) is 11.2 Å². The van der Waals surface area contributed by atoms with E-state index < -0.39 is 16.4 Å². The fourth-order valence-electron chi connectivity index (χ4n) is 4.29. The third-order valence-corrected chi connectivity index (χ3v) is 6.14. The number of nitro benzene ring substituents is 1. The first-order valence-corrected chi connectivity index (χ1v) is 11.0. The summed E-state index contributed by atoms with van der Waals surface area (Å²) in [6.07, 6.45) is 1.06. The highest BCUT2D eigenvalue weighted by molar-refractivity contribution is 5.98. The molecule has 0 bridgehead atoms. The maximum absolute atomic E-state index is 13.2. The number of rotatable bonds is 5. The van der Waals surface area contributed by atoms with Gasteiger partial charge in [0.25, 0.3) is 17.2 Å². The first-order chi connectivity index (χ1) is 16.9. The Kier molecular flexibility index (Phi) is 5.77. The number of H-pyrrole nitrogens is 1. The lowest BCUT2D eigenvalue weighted by atomic mass is 9.95. The number of nitrogens with zero attached hydrogens (tertiary/aromatic N) is 6. The van der Waals surface area contributed by atoms with Crippen LogP contribution in [0.25, 0.3) is 11.2 Å². The van der Waals surface area contributed by atoms with Gasteiger partial charge in [-0.15, -0.1) is 5.10 Å². The number of likely N-dealkylation sites (tertiary alicyclic amines) is 1. The lowest BCUT2D eigenvalue weighted by Crippen LogP contribution is -2.38. The minimum atomic E-state index is -0.563. The third-order valence-electron chi connectivity index (χ3n) is 6.14. The molecule has 1 aliphatic rings. The lowest BCUT2D eigenvalue weighted by molar-refractivity contribution is -0.385. The highest BCUT2D eigenvalue weighted by Gasteiger charge is 2.30. The smallest absolute Gasteiger partial charge is 0.282 e. The second-order valence-corrected chi connectivity index (χ2v) is 8.34. The van der Waals surface area contributed by atoms with E-state index in [1.807, 2.05) is 0 Å². The predicted molar refractivity (Wildman–Crippen MR) is 122 cm³/mol. The molecule has 1 fully saturated rings. The fourth-order valence-corrected chi connectivity index (χ4v) is 4.29. The van der Waals surface area contributed by atoms with Crippen molar-refractivity contribution in [2.75, 3.05) is 13.1 Å². The van der Waals surface area contributed by atoms with Crippen LogP contribution in [0.15, 0.2) is 53.3 Å². The van der Waals surface area contributed by atoms with Gasteiger partial charge in [-0.3, -0.25) is 19.7 Å². The molecule has 1 amide bonds. The molecule has 3 heterocycles. The van der Waals surface area contributed by atoms with Crippen molar-refractivity contribution in [2.45, 2.75) is 25.3 Å². The molecular formula is C23H20FN7O4. The van der Waals surface area contributed by atoms with E-state index in [1.165, 1.54) is 35.0 Å². The highest BCUT2D eigenvalue weighted by Crippen LogP contribution is 2.28. The molecule has 11 nitrogen and oxygen atoms in total. The fraction of sp³-hybridized carbons (Fsp3) is 0.261. The SMILES string of the molecule is O=C(c1ccccc1[N+](=O)[O-])N1CCC(c2nc3c(nnn3Cc3ccc(F)cc3)c(=O)[nH]2)CC1. The number of benzene rings is 2. The van der Waals surface area contributed by atoms with Crippen LogP contribution in [-0.4, -0.2) is 53.8 Å². The zero-order chi connectivity index (χ0) is 24.5. The Balaban J connectivity index is 1.34. The largest absolute Gasteiger partial charge is 0.338 e. The van der Waals surface area contributed by atoms with E-state index in [-0.39, 0.29) is 35.0 Å². The van der Waals surface area contributed by atoms with Gasteiger partial charge in [-0.1, -0.05) is 29.5 Å². The van der Waals surface area contributed by atoms with E-state index in [9.17, 15) is 24.1 Å². The molecule has 2 aromatic heterocycles. The maximum atomic E-state index is 13.2. The van der Waals surface area contributed by atoms with Crippen LogP contribution in [0.2, 0.25) is 0 Å². The van der Waals surface area contributed by atoms with Gasteiger partial charge in [-0.05, 0) is 36.6 Å². The standard InChI is InChI=1S/C23H20FN7O4/c24-16-7-5-14(6-8-16)13-30-21-19(27-28-30)22(32)26-20(25-21)15-9-11-29(12-10-15)23(33)17-3-1-2-4-18(17)31(34)35/h1-8,15H,9-13H2,(H,25,26,32). The summed E-state index contributed by atoms with van der Waals surface area (Å²) in [6.45, 7) is 1.00. The van der Waals surface area contributed by atoms with Gasteiger partial charge in [0.1, 0.15) is 17.2 Å². The zero-order valence-corrected chi connectivity index (χ0v) is 18.4. The summed E-state index contributed by atoms with van der Waals surface area (Å²) >= 11 is 0. The number of piperidine rings is 1. The van der Waals surface area contributed by atoms with Gasteiger partial charge in [-0.2, -0.15) is 0 Å². The number of fused-ring (bicyclic) bond motifs is 1. The van der Waals surface area contributed by atoms with Gasteiger partial charge in [0.05, 0.1) is 11.5 Å². The number of para-hydroxylation sites is 1. The Labute approximate surface area is 197 Å². The lowest BCUT2D eigenvalue weighted by Gasteiger charge is -2.31. The maximum Gasteiger partial charge on any atom is 0.282 e. The molecule has 5 rings (SSSR count). The number of carbonyl (C=O) groups excluding carboxylic acids is 1. The molecule has 4 aromatic rings. The monoisotopic (exact) mass is 477 g/mol. The van der Waals surface area contributed by atoms with Crippen molar-refractivity contribution in [3.63, 3.8) is 0 Å².